The number of nitrogens with zero attached hydrogens (tertiary/aromatic N) is 3. The normalized spacial score (nSPS) is 17.2. The van der Waals surface area contributed by atoms with Gasteiger partial charge in [-0.2, -0.15) is 0 Å². The molecule has 2 aliphatic heterocycles. The van der Waals surface area contributed by atoms with E-state index in [0.717, 1.165) is 22.3 Å². The fourth-order valence-corrected chi connectivity index (χ4v) is 6.02. The van der Waals surface area contributed by atoms with Gasteiger partial charge in [0.2, 0.25) is 11.8 Å². The third kappa shape index (κ3) is 6.95. The van der Waals surface area contributed by atoms with Crippen LogP contribution in [0, 0.1) is 0 Å². The maximum absolute atomic E-state index is 14.5. The maximum Gasteiger partial charge on any atom is 0.415 e. The molecule has 0 aliphatic carbocycles. The first kappa shape index (κ1) is 31.6. The summed E-state index contributed by atoms with van der Waals surface area (Å²) in [6.07, 6.45) is 0.153. The summed E-state index contributed by atoms with van der Waals surface area (Å²) in [7, 11) is 1.57. The van der Waals surface area contributed by atoms with E-state index in [1.54, 1.807) is 40.0 Å². The number of hydrogen-bond donors (Lipinski definition) is 1. The average Bonchev–Trinajstić information content (AvgIpc) is 3.41. The first-order valence-corrected chi connectivity index (χ1v) is 15.1. The molecule has 0 fully saturated rings. The minimum absolute atomic E-state index is 0.124. The predicted molar refractivity (Wildman–Crippen MR) is 168 cm³/mol. The van der Waals surface area contributed by atoms with Gasteiger partial charge >= 0.3 is 12.1 Å². The monoisotopic (exact) mass is 613 g/mol. The van der Waals surface area contributed by atoms with Crippen molar-refractivity contribution in [3.8, 4) is 5.75 Å². The van der Waals surface area contributed by atoms with Crippen LogP contribution >= 0.6 is 0 Å². The quantitative estimate of drug-likeness (QED) is 0.399. The van der Waals surface area contributed by atoms with Gasteiger partial charge in [0, 0.05) is 25.9 Å². The fraction of sp³-hybridized carbons (Fsp3) is 0.371. The van der Waals surface area contributed by atoms with Gasteiger partial charge in [0.1, 0.15) is 23.4 Å². The molecule has 3 aromatic rings. The van der Waals surface area contributed by atoms with E-state index in [-0.39, 0.29) is 32.5 Å². The first-order valence-electron chi connectivity index (χ1n) is 15.1. The highest BCUT2D eigenvalue weighted by atomic mass is 16.6. The second kappa shape index (κ2) is 13.0. The van der Waals surface area contributed by atoms with Gasteiger partial charge in [-0.1, -0.05) is 60.7 Å². The molecule has 3 aromatic carbocycles. The largest absolute Gasteiger partial charge is 0.496 e. The van der Waals surface area contributed by atoms with Gasteiger partial charge in [-0.3, -0.25) is 14.5 Å². The van der Waals surface area contributed by atoms with Crippen molar-refractivity contribution >= 4 is 29.6 Å². The van der Waals surface area contributed by atoms with Crippen molar-refractivity contribution < 1.29 is 33.8 Å². The highest BCUT2D eigenvalue weighted by Crippen LogP contribution is 2.34. The predicted octanol–water partition coefficient (Wildman–Crippen LogP) is 4.47. The van der Waals surface area contributed by atoms with Crippen molar-refractivity contribution in [3.05, 3.63) is 95.1 Å². The number of carbonyl (C=O) groups is 4. The van der Waals surface area contributed by atoms with E-state index >= 15 is 0 Å². The van der Waals surface area contributed by atoms with E-state index < -0.39 is 41.6 Å². The van der Waals surface area contributed by atoms with Crippen molar-refractivity contribution in [1.29, 1.82) is 0 Å². The lowest BCUT2D eigenvalue weighted by Crippen LogP contribution is -2.55. The van der Waals surface area contributed by atoms with Crippen LogP contribution in [0.4, 0.5) is 10.5 Å². The van der Waals surface area contributed by atoms with Gasteiger partial charge in [0.15, 0.2) is 0 Å². The summed E-state index contributed by atoms with van der Waals surface area (Å²) in [5.41, 5.74) is 3.21. The Morgan fingerprint density at radius 2 is 1.49 bits per heavy atom. The minimum atomic E-state index is -1.10. The summed E-state index contributed by atoms with van der Waals surface area (Å²) in [6.45, 7) is 5.20. The Morgan fingerprint density at radius 3 is 2.18 bits per heavy atom. The Bertz CT molecular complexity index is 1600. The zero-order chi connectivity index (χ0) is 32.3. The summed E-state index contributed by atoms with van der Waals surface area (Å²) < 4.78 is 11.2. The van der Waals surface area contributed by atoms with E-state index in [0.29, 0.717) is 17.9 Å². The van der Waals surface area contributed by atoms with Gasteiger partial charge in [-0.15, -0.1) is 0 Å². The molecule has 0 spiro atoms. The van der Waals surface area contributed by atoms with Crippen LogP contribution in [0.25, 0.3) is 0 Å². The van der Waals surface area contributed by atoms with Crippen LogP contribution < -0.4 is 9.64 Å². The molecule has 0 radical (unpaired) electrons. The Balaban J connectivity index is 1.46. The number of carboxylic acid groups (broad SMARTS) is 1. The number of anilines is 1. The van der Waals surface area contributed by atoms with E-state index in [2.05, 4.69) is 0 Å². The summed E-state index contributed by atoms with van der Waals surface area (Å²) in [6, 6.07) is 20.2. The van der Waals surface area contributed by atoms with Crippen LogP contribution in [-0.2, 0) is 44.9 Å². The molecule has 0 aromatic heterocycles. The van der Waals surface area contributed by atoms with Gasteiger partial charge < -0.3 is 24.4 Å². The smallest absolute Gasteiger partial charge is 0.415 e. The second-order valence-electron chi connectivity index (χ2n) is 12.4. The summed E-state index contributed by atoms with van der Waals surface area (Å²) in [4.78, 5) is 58.4. The number of methoxy groups -OCH3 is 1. The molecule has 0 saturated heterocycles. The number of carboxylic acids is 1. The van der Waals surface area contributed by atoms with Gasteiger partial charge in [-0.05, 0) is 61.6 Å². The van der Waals surface area contributed by atoms with Crippen LogP contribution in [0.15, 0.2) is 72.8 Å². The zero-order valence-corrected chi connectivity index (χ0v) is 26.1. The van der Waals surface area contributed by atoms with Crippen LogP contribution in [0.3, 0.4) is 0 Å². The lowest BCUT2D eigenvalue weighted by molar-refractivity contribution is -0.153. The SMILES string of the molecule is COc1ccccc1CCN(CC(=O)N1Cc2ccccc2C[C@@H]1C(=O)O)C(=O)[C@H]1Cc2ccccc2N1C(=O)OC(C)(C)C. The number of hydrogen-bond acceptors (Lipinski definition) is 6. The highest BCUT2D eigenvalue weighted by molar-refractivity contribution is 6.01. The molecule has 1 N–H and O–H groups in total. The Hall–Kier alpha value is -4.86. The van der Waals surface area contributed by atoms with Crippen molar-refractivity contribution in [1.82, 2.24) is 9.80 Å². The third-order valence-corrected chi connectivity index (χ3v) is 8.19. The van der Waals surface area contributed by atoms with Crippen LogP contribution in [-0.4, -0.2) is 76.7 Å². The van der Waals surface area contributed by atoms with Crippen molar-refractivity contribution in [2.45, 2.75) is 64.3 Å². The Morgan fingerprint density at radius 1 is 0.867 bits per heavy atom. The lowest BCUT2D eigenvalue weighted by Gasteiger charge is -2.37. The number of para-hydroxylation sites is 2. The van der Waals surface area contributed by atoms with E-state index in [9.17, 15) is 24.3 Å². The topological polar surface area (TPSA) is 117 Å². The number of fused-ring (bicyclic) bond motifs is 2. The standard InChI is InChI=1S/C35H39N3O7/c1-35(2,3)45-34(43)38-27-15-9-7-13-25(27)20-28(38)32(40)36(18-17-23-11-8-10-16-30(23)44-4)22-31(39)37-21-26-14-6-5-12-24(26)19-29(37)33(41)42/h5-16,28-29H,17-22H2,1-4H3,(H,41,42)/t28-,29-/m1/s1. The molecule has 3 amide bonds. The molecule has 10 nitrogen and oxygen atoms in total. The molecule has 45 heavy (non-hydrogen) atoms. The average molecular weight is 614 g/mol. The number of aliphatic carboxylic acids is 1. The molecule has 5 rings (SSSR count). The zero-order valence-electron chi connectivity index (χ0n) is 26.1. The summed E-state index contributed by atoms with van der Waals surface area (Å²) in [5, 5.41) is 10.1. The molecular weight excluding hydrogens is 574 g/mol. The van der Waals surface area contributed by atoms with Crippen molar-refractivity contribution in [2.75, 3.05) is 25.1 Å². The Labute approximate surface area is 263 Å². The van der Waals surface area contributed by atoms with E-state index in [1.165, 1.54) is 14.7 Å². The number of ether oxygens (including phenoxy) is 2. The Kier molecular flexibility index (Phi) is 9.13. The first-order chi connectivity index (χ1) is 21.5. The molecule has 2 aliphatic rings. The van der Waals surface area contributed by atoms with Crippen LogP contribution in [0.2, 0.25) is 0 Å². The summed E-state index contributed by atoms with van der Waals surface area (Å²) >= 11 is 0. The molecule has 0 unspecified atom stereocenters. The third-order valence-electron chi connectivity index (χ3n) is 8.19. The molecule has 0 saturated carbocycles. The molecule has 236 valence electrons. The van der Waals surface area contributed by atoms with E-state index in [1.807, 2.05) is 60.7 Å². The van der Waals surface area contributed by atoms with Crippen molar-refractivity contribution in [2.24, 2.45) is 0 Å². The maximum atomic E-state index is 14.5. The van der Waals surface area contributed by atoms with Gasteiger partial charge in [0.05, 0.1) is 19.3 Å². The molecule has 2 heterocycles. The van der Waals surface area contributed by atoms with Gasteiger partial charge in [-0.25, -0.2) is 9.59 Å². The van der Waals surface area contributed by atoms with E-state index in [4.69, 9.17) is 9.47 Å². The number of amides is 3. The number of carbonyl (C=O) groups excluding carboxylic acids is 3. The number of rotatable bonds is 8. The van der Waals surface area contributed by atoms with Gasteiger partial charge in [0.25, 0.3) is 0 Å². The minimum Gasteiger partial charge on any atom is -0.496 e. The molecule has 0 bridgehead atoms. The summed E-state index contributed by atoms with van der Waals surface area (Å²) in [5.74, 6) is -1.36. The molecule has 2 atom stereocenters. The van der Waals surface area contributed by atoms with Crippen molar-refractivity contribution in [3.63, 3.8) is 0 Å². The fourth-order valence-electron chi connectivity index (χ4n) is 6.02. The molecule has 10 heteroatoms. The lowest BCUT2D eigenvalue weighted by atomic mass is 9.94. The number of benzene rings is 3. The van der Waals surface area contributed by atoms with Crippen LogP contribution in [0.1, 0.15) is 43.0 Å². The highest BCUT2D eigenvalue weighted by Gasteiger charge is 2.43. The second-order valence-corrected chi connectivity index (χ2v) is 12.4. The molecular formula is C35H39N3O7. The van der Waals surface area contributed by atoms with Crippen LogP contribution in [0.5, 0.6) is 5.75 Å².